The number of fused-ring (bicyclic) bond motifs is 3. The first-order valence-corrected chi connectivity index (χ1v) is 5.68. The minimum atomic E-state index is -1.37. The maximum atomic E-state index is 11.3. The van der Waals surface area contributed by atoms with Crippen LogP contribution in [-0.4, -0.2) is 40.4 Å². The summed E-state index contributed by atoms with van der Waals surface area (Å²) in [5.41, 5.74) is -0.398. The van der Waals surface area contributed by atoms with Crippen molar-refractivity contribution in [2.75, 3.05) is 11.5 Å². The highest BCUT2D eigenvalue weighted by Gasteiger charge is 2.58. The van der Waals surface area contributed by atoms with Crippen molar-refractivity contribution in [3.8, 4) is 0 Å². The number of nitrogens with zero attached hydrogens (tertiary/aromatic N) is 1. The largest absolute Gasteiger partial charge is 0.465 e. The van der Waals surface area contributed by atoms with Gasteiger partial charge in [0.15, 0.2) is 6.23 Å². The summed E-state index contributed by atoms with van der Waals surface area (Å²) in [7, 11) is 0. The van der Waals surface area contributed by atoms with Gasteiger partial charge in [-0.3, -0.25) is 0 Å². The van der Waals surface area contributed by atoms with Crippen LogP contribution in [0.1, 0.15) is 12.0 Å². The highest BCUT2D eigenvalue weighted by Crippen LogP contribution is 2.51. The van der Waals surface area contributed by atoms with Crippen molar-refractivity contribution >= 4 is 11.8 Å². The predicted molar refractivity (Wildman–Crippen MR) is 61.2 cm³/mol. The Kier molecular flexibility index (Phi) is 2.34. The fraction of sp³-hybridized carbons (Fsp3) is 0.417. The normalized spacial score (nSPS) is 33.3. The molecule has 0 radical (unpaired) electrons. The number of hydrogen-bond donors (Lipinski definition) is 3. The van der Waals surface area contributed by atoms with Crippen molar-refractivity contribution in [2.24, 2.45) is 0 Å². The van der Waals surface area contributed by atoms with E-state index in [2.05, 4.69) is 0 Å². The average molecular weight is 251 g/mol. The van der Waals surface area contributed by atoms with Gasteiger partial charge in [-0.15, -0.1) is 0 Å². The maximum Gasteiger partial charge on any atom is 0.414 e. The Morgan fingerprint density at radius 3 is 2.89 bits per heavy atom. The number of carbonyl (C=O) groups is 1. The summed E-state index contributed by atoms with van der Waals surface area (Å²) in [5, 5.41) is 29.0. The fourth-order valence-corrected chi connectivity index (χ4v) is 2.80. The van der Waals surface area contributed by atoms with Gasteiger partial charge in [0.1, 0.15) is 5.60 Å². The lowest BCUT2D eigenvalue weighted by Gasteiger charge is -2.24. The van der Waals surface area contributed by atoms with Crippen molar-refractivity contribution in [1.29, 1.82) is 0 Å². The molecule has 1 amide bonds. The van der Waals surface area contributed by atoms with Gasteiger partial charge in [-0.05, 0) is 6.07 Å². The Bertz CT molecular complexity index is 505. The first-order chi connectivity index (χ1) is 8.58. The third-order valence-electron chi connectivity index (χ3n) is 3.54. The standard InChI is InChI=1S/C12H13NO5/c14-6-7-5-12(17)8-3-1-2-4-9(8)13(11(15)16)10(12)18-7/h1-4,7,10,14,17H,5-6H2,(H,15,16). The van der Waals surface area contributed by atoms with Crippen molar-refractivity contribution < 1.29 is 24.9 Å². The molecule has 0 aliphatic carbocycles. The molecule has 1 aromatic carbocycles. The quantitative estimate of drug-likeness (QED) is 0.675. The second-order valence-corrected chi connectivity index (χ2v) is 4.59. The van der Waals surface area contributed by atoms with Crippen molar-refractivity contribution in [1.82, 2.24) is 0 Å². The summed E-state index contributed by atoms with van der Waals surface area (Å²) in [6.45, 7) is -0.242. The van der Waals surface area contributed by atoms with E-state index >= 15 is 0 Å². The van der Waals surface area contributed by atoms with Crippen LogP contribution in [0.25, 0.3) is 0 Å². The molecule has 1 saturated heterocycles. The molecular weight excluding hydrogens is 238 g/mol. The molecule has 1 fully saturated rings. The van der Waals surface area contributed by atoms with Crippen molar-refractivity contribution in [2.45, 2.75) is 24.4 Å². The molecular formula is C12H13NO5. The molecule has 0 bridgehead atoms. The van der Waals surface area contributed by atoms with Crippen LogP contribution in [0, 0.1) is 0 Å². The Morgan fingerprint density at radius 1 is 1.50 bits per heavy atom. The Hall–Kier alpha value is -1.63. The molecule has 3 rings (SSSR count). The summed E-state index contributed by atoms with van der Waals surface area (Å²) in [5.74, 6) is 0. The number of anilines is 1. The molecule has 18 heavy (non-hydrogen) atoms. The molecule has 0 aromatic heterocycles. The molecule has 0 spiro atoms. The Labute approximate surface area is 103 Å². The molecule has 2 heterocycles. The zero-order valence-corrected chi connectivity index (χ0v) is 9.48. The Balaban J connectivity index is 2.12. The number of benzene rings is 1. The van der Waals surface area contributed by atoms with E-state index in [9.17, 15) is 15.0 Å². The first kappa shape index (κ1) is 11.5. The monoisotopic (exact) mass is 251 g/mol. The van der Waals surface area contributed by atoms with Crippen molar-refractivity contribution in [3.63, 3.8) is 0 Å². The van der Waals surface area contributed by atoms with E-state index in [4.69, 9.17) is 9.84 Å². The molecule has 0 saturated carbocycles. The highest BCUT2D eigenvalue weighted by atomic mass is 16.6. The van der Waals surface area contributed by atoms with Gasteiger partial charge >= 0.3 is 6.09 Å². The number of carboxylic acid groups (broad SMARTS) is 1. The minimum absolute atomic E-state index is 0.189. The van der Waals surface area contributed by atoms with Crippen LogP contribution in [0.15, 0.2) is 24.3 Å². The van der Waals surface area contributed by atoms with Crippen LogP contribution in [0.4, 0.5) is 10.5 Å². The molecule has 3 atom stereocenters. The molecule has 6 nitrogen and oxygen atoms in total. The lowest BCUT2D eigenvalue weighted by Crippen LogP contribution is -2.44. The molecule has 3 unspecified atom stereocenters. The molecule has 6 heteroatoms. The zero-order valence-electron chi connectivity index (χ0n) is 9.48. The molecule has 2 aliphatic rings. The smallest absolute Gasteiger partial charge is 0.414 e. The fourth-order valence-electron chi connectivity index (χ4n) is 2.80. The summed E-state index contributed by atoms with van der Waals surface area (Å²) >= 11 is 0. The topological polar surface area (TPSA) is 90.2 Å². The predicted octanol–water partition coefficient (Wildman–Crippen LogP) is 0.479. The maximum absolute atomic E-state index is 11.3. The van der Waals surface area contributed by atoms with Gasteiger partial charge in [-0.25, -0.2) is 9.69 Å². The van der Waals surface area contributed by atoms with E-state index in [1.807, 2.05) is 0 Å². The summed E-state index contributed by atoms with van der Waals surface area (Å²) in [6.07, 6.45) is -2.52. The second kappa shape index (κ2) is 3.68. The van der Waals surface area contributed by atoms with Gasteiger partial charge in [0, 0.05) is 12.0 Å². The van der Waals surface area contributed by atoms with E-state index < -0.39 is 24.0 Å². The average Bonchev–Trinajstić information content (AvgIpc) is 2.79. The van der Waals surface area contributed by atoms with Gasteiger partial charge < -0.3 is 20.1 Å². The number of rotatable bonds is 1. The molecule has 1 aromatic rings. The van der Waals surface area contributed by atoms with E-state index in [1.165, 1.54) is 0 Å². The third kappa shape index (κ3) is 1.30. The highest BCUT2D eigenvalue weighted by molar-refractivity contribution is 5.90. The van der Waals surface area contributed by atoms with Gasteiger partial charge in [0.2, 0.25) is 0 Å². The minimum Gasteiger partial charge on any atom is -0.465 e. The number of ether oxygens (including phenoxy) is 1. The Morgan fingerprint density at radius 2 is 2.22 bits per heavy atom. The van der Waals surface area contributed by atoms with Gasteiger partial charge in [0.25, 0.3) is 0 Å². The van der Waals surface area contributed by atoms with E-state index in [-0.39, 0.29) is 13.0 Å². The zero-order chi connectivity index (χ0) is 12.9. The first-order valence-electron chi connectivity index (χ1n) is 5.68. The van der Waals surface area contributed by atoms with Crippen LogP contribution in [0.3, 0.4) is 0 Å². The number of aliphatic hydroxyl groups excluding tert-OH is 1. The molecule has 96 valence electrons. The van der Waals surface area contributed by atoms with E-state index in [0.29, 0.717) is 11.3 Å². The van der Waals surface area contributed by atoms with Crippen LogP contribution in [-0.2, 0) is 10.3 Å². The SMILES string of the molecule is O=C(O)N1c2ccccc2C2(O)CC(CO)OC12. The molecule has 2 aliphatic heterocycles. The van der Waals surface area contributed by atoms with Crippen LogP contribution in [0.2, 0.25) is 0 Å². The molecule has 3 N–H and O–H groups in total. The second-order valence-electron chi connectivity index (χ2n) is 4.59. The van der Waals surface area contributed by atoms with Gasteiger partial charge in [-0.1, -0.05) is 18.2 Å². The van der Waals surface area contributed by atoms with Crippen LogP contribution >= 0.6 is 0 Å². The van der Waals surface area contributed by atoms with Crippen molar-refractivity contribution in [3.05, 3.63) is 29.8 Å². The number of hydrogen-bond acceptors (Lipinski definition) is 4. The van der Waals surface area contributed by atoms with Crippen LogP contribution < -0.4 is 4.90 Å². The van der Waals surface area contributed by atoms with E-state index in [0.717, 1.165) is 4.90 Å². The van der Waals surface area contributed by atoms with Gasteiger partial charge in [0.05, 0.1) is 18.4 Å². The number of para-hydroxylation sites is 1. The van der Waals surface area contributed by atoms with E-state index in [1.54, 1.807) is 24.3 Å². The lowest BCUT2D eigenvalue weighted by molar-refractivity contribution is -0.0458. The van der Waals surface area contributed by atoms with Crippen LogP contribution in [0.5, 0.6) is 0 Å². The third-order valence-corrected chi connectivity index (χ3v) is 3.54. The lowest BCUT2D eigenvalue weighted by atomic mass is 9.91. The summed E-state index contributed by atoms with van der Waals surface area (Å²) < 4.78 is 5.44. The summed E-state index contributed by atoms with van der Waals surface area (Å²) in [6, 6.07) is 6.78. The number of aliphatic hydroxyl groups is 2. The summed E-state index contributed by atoms with van der Waals surface area (Å²) in [4.78, 5) is 12.3. The van der Waals surface area contributed by atoms with Gasteiger partial charge in [-0.2, -0.15) is 0 Å². The number of amides is 1.